The zero-order valence-corrected chi connectivity index (χ0v) is 8.78. The molecule has 12 heavy (non-hydrogen) atoms. The van der Waals surface area contributed by atoms with Gasteiger partial charge in [-0.05, 0) is 40.5 Å². The molecule has 0 aliphatic carbocycles. The van der Waals surface area contributed by atoms with Gasteiger partial charge < -0.3 is 0 Å². The van der Waals surface area contributed by atoms with E-state index in [1.54, 1.807) is 0 Å². The molecule has 0 radical (unpaired) electrons. The van der Waals surface area contributed by atoms with Gasteiger partial charge in [0.1, 0.15) is 0 Å². The highest BCUT2D eigenvalue weighted by atomic mass is 14.0. The first-order valence-electron chi connectivity index (χ1n) is 4.52. The second-order valence-electron chi connectivity index (χ2n) is 3.35. The molecule has 0 atom stereocenters. The molecule has 0 unspecified atom stereocenters. The summed E-state index contributed by atoms with van der Waals surface area (Å²) in [7, 11) is 0. The molecule has 68 valence electrons. The first-order chi connectivity index (χ1) is 5.57. The van der Waals surface area contributed by atoms with Crippen LogP contribution in [-0.4, -0.2) is 0 Å². The molecule has 0 heteroatoms. The van der Waals surface area contributed by atoms with E-state index in [9.17, 15) is 0 Å². The van der Waals surface area contributed by atoms with Gasteiger partial charge in [-0.2, -0.15) is 0 Å². The Morgan fingerprint density at radius 2 is 1.75 bits per heavy atom. The predicted octanol–water partition coefficient (Wildman–Crippen LogP) is 4.26. The molecule has 0 nitrogen and oxygen atoms in total. The summed E-state index contributed by atoms with van der Waals surface area (Å²) in [5, 5.41) is 0. The van der Waals surface area contributed by atoms with Crippen LogP contribution in [0.1, 0.15) is 40.5 Å². The summed E-state index contributed by atoms with van der Waals surface area (Å²) in [4.78, 5) is 0. The minimum atomic E-state index is 1.11. The summed E-state index contributed by atoms with van der Waals surface area (Å²) in [6, 6.07) is 0. The van der Waals surface area contributed by atoms with Crippen LogP contribution in [0.15, 0.2) is 35.5 Å². The first-order valence-corrected chi connectivity index (χ1v) is 4.52. The molecule has 0 aliphatic heterocycles. The Bertz CT molecular complexity index is 204. The van der Waals surface area contributed by atoms with E-state index in [4.69, 9.17) is 0 Å². The van der Waals surface area contributed by atoms with Crippen LogP contribution in [0.25, 0.3) is 0 Å². The van der Waals surface area contributed by atoms with Crippen molar-refractivity contribution in [2.45, 2.75) is 40.5 Å². The third kappa shape index (κ3) is 4.95. The largest absolute Gasteiger partial charge is 0.100 e. The standard InChI is InChI=1S/C12H20/c1-6-11(4)12(5)9-7-8-10(2)3/h6,9H,2,7-8H2,1,3-5H3. The van der Waals surface area contributed by atoms with Crippen molar-refractivity contribution < 1.29 is 0 Å². The minimum absolute atomic E-state index is 1.11. The normalized spacial score (nSPS) is 13.3. The Morgan fingerprint density at radius 1 is 1.17 bits per heavy atom. The molecule has 0 spiro atoms. The Kier molecular flexibility index (Phi) is 5.44. The van der Waals surface area contributed by atoms with Crippen LogP contribution in [0.3, 0.4) is 0 Å². The Morgan fingerprint density at radius 3 is 2.17 bits per heavy atom. The van der Waals surface area contributed by atoms with Crippen molar-refractivity contribution in [1.82, 2.24) is 0 Å². The van der Waals surface area contributed by atoms with E-state index in [0.717, 1.165) is 12.8 Å². The van der Waals surface area contributed by atoms with Crippen LogP contribution >= 0.6 is 0 Å². The topological polar surface area (TPSA) is 0 Å². The van der Waals surface area contributed by atoms with E-state index in [-0.39, 0.29) is 0 Å². The molecular weight excluding hydrogens is 144 g/mol. The quantitative estimate of drug-likeness (QED) is 0.430. The lowest BCUT2D eigenvalue weighted by atomic mass is 10.1. The SMILES string of the molecule is C=C(C)CCC=C(C)C(C)=CC. The van der Waals surface area contributed by atoms with Crippen molar-refractivity contribution >= 4 is 0 Å². The molecule has 0 aromatic heterocycles. The monoisotopic (exact) mass is 164 g/mol. The zero-order valence-electron chi connectivity index (χ0n) is 8.78. The highest BCUT2D eigenvalue weighted by molar-refractivity contribution is 5.26. The first kappa shape index (κ1) is 11.2. The van der Waals surface area contributed by atoms with Gasteiger partial charge >= 0.3 is 0 Å². The van der Waals surface area contributed by atoms with E-state index >= 15 is 0 Å². The molecule has 0 saturated heterocycles. The molecular formula is C12H20. The minimum Gasteiger partial charge on any atom is -0.100 e. The van der Waals surface area contributed by atoms with Gasteiger partial charge in [0.2, 0.25) is 0 Å². The van der Waals surface area contributed by atoms with Crippen LogP contribution in [0.5, 0.6) is 0 Å². The zero-order chi connectivity index (χ0) is 9.56. The van der Waals surface area contributed by atoms with Gasteiger partial charge in [-0.3, -0.25) is 0 Å². The highest BCUT2D eigenvalue weighted by Gasteiger charge is 1.90. The summed E-state index contributed by atoms with van der Waals surface area (Å²) in [6.45, 7) is 12.3. The molecule has 0 aliphatic rings. The Labute approximate surface area is 76.7 Å². The fourth-order valence-electron chi connectivity index (χ4n) is 0.924. The molecule has 0 amide bonds. The molecule has 0 N–H and O–H groups in total. The van der Waals surface area contributed by atoms with E-state index in [2.05, 4.69) is 46.4 Å². The van der Waals surface area contributed by atoms with Gasteiger partial charge in [0, 0.05) is 0 Å². The molecule has 0 aromatic rings. The maximum absolute atomic E-state index is 3.87. The third-order valence-electron chi connectivity index (χ3n) is 2.08. The molecule has 0 aromatic carbocycles. The lowest BCUT2D eigenvalue weighted by Crippen LogP contribution is -1.79. The van der Waals surface area contributed by atoms with Gasteiger partial charge in [-0.25, -0.2) is 0 Å². The number of hydrogen-bond acceptors (Lipinski definition) is 0. The van der Waals surface area contributed by atoms with Gasteiger partial charge in [-0.1, -0.05) is 28.9 Å². The fourth-order valence-corrected chi connectivity index (χ4v) is 0.924. The molecule has 0 rings (SSSR count). The summed E-state index contributed by atoms with van der Waals surface area (Å²) in [6.07, 6.45) is 6.65. The van der Waals surface area contributed by atoms with Crippen LogP contribution in [0, 0.1) is 0 Å². The highest BCUT2D eigenvalue weighted by Crippen LogP contribution is 2.10. The lowest BCUT2D eigenvalue weighted by molar-refractivity contribution is 0.973. The summed E-state index contributed by atoms with van der Waals surface area (Å²) < 4.78 is 0. The summed E-state index contributed by atoms with van der Waals surface area (Å²) in [5.74, 6) is 0. The number of allylic oxidation sites excluding steroid dienone is 5. The summed E-state index contributed by atoms with van der Waals surface area (Å²) >= 11 is 0. The summed E-state index contributed by atoms with van der Waals surface area (Å²) in [5.41, 5.74) is 4.02. The Hall–Kier alpha value is -0.780. The lowest BCUT2D eigenvalue weighted by Gasteiger charge is -2.00. The second kappa shape index (κ2) is 5.82. The van der Waals surface area contributed by atoms with Gasteiger partial charge in [-0.15, -0.1) is 6.58 Å². The average Bonchev–Trinajstić information content (AvgIpc) is 2.02. The van der Waals surface area contributed by atoms with E-state index in [0.29, 0.717) is 0 Å². The molecule has 0 saturated carbocycles. The maximum Gasteiger partial charge on any atom is -0.0291 e. The van der Waals surface area contributed by atoms with Crippen LogP contribution < -0.4 is 0 Å². The van der Waals surface area contributed by atoms with Crippen molar-refractivity contribution in [3.8, 4) is 0 Å². The van der Waals surface area contributed by atoms with Crippen molar-refractivity contribution in [3.05, 3.63) is 35.5 Å². The molecule has 0 fully saturated rings. The van der Waals surface area contributed by atoms with Crippen LogP contribution in [0.4, 0.5) is 0 Å². The Balaban J connectivity index is 3.93. The van der Waals surface area contributed by atoms with Crippen molar-refractivity contribution in [2.24, 2.45) is 0 Å². The van der Waals surface area contributed by atoms with Crippen molar-refractivity contribution in [3.63, 3.8) is 0 Å². The van der Waals surface area contributed by atoms with E-state index in [1.807, 2.05) is 0 Å². The van der Waals surface area contributed by atoms with Crippen LogP contribution in [-0.2, 0) is 0 Å². The molecule has 0 bridgehead atoms. The van der Waals surface area contributed by atoms with E-state index < -0.39 is 0 Å². The smallest absolute Gasteiger partial charge is 0.0291 e. The molecule has 0 heterocycles. The fraction of sp³-hybridized carbons (Fsp3) is 0.500. The number of hydrogen-bond donors (Lipinski definition) is 0. The maximum atomic E-state index is 3.87. The van der Waals surface area contributed by atoms with E-state index in [1.165, 1.54) is 16.7 Å². The second-order valence-corrected chi connectivity index (χ2v) is 3.35. The van der Waals surface area contributed by atoms with Crippen molar-refractivity contribution in [2.75, 3.05) is 0 Å². The van der Waals surface area contributed by atoms with Gasteiger partial charge in [0.05, 0.1) is 0 Å². The van der Waals surface area contributed by atoms with Crippen LogP contribution in [0.2, 0.25) is 0 Å². The predicted molar refractivity (Wildman–Crippen MR) is 57.2 cm³/mol. The number of rotatable bonds is 4. The van der Waals surface area contributed by atoms with Gasteiger partial charge in [0.25, 0.3) is 0 Å². The van der Waals surface area contributed by atoms with Gasteiger partial charge in [0.15, 0.2) is 0 Å². The van der Waals surface area contributed by atoms with Crippen molar-refractivity contribution in [1.29, 1.82) is 0 Å². The average molecular weight is 164 g/mol. The third-order valence-corrected chi connectivity index (χ3v) is 2.08.